The number of alkyl halides is 6. The molecule has 0 spiro atoms. The average molecular weight is 672 g/mol. The number of benzene rings is 1. The van der Waals surface area contributed by atoms with Crippen LogP contribution in [0.2, 0.25) is 0 Å². The van der Waals surface area contributed by atoms with E-state index in [4.69, 9.17) is 9.47 Å². The Hall–Kier alpha value is -4.25. The lowest BCUT2D eigenvalue weighted by molar-refractivity contribution is -0.142. The number of hydrazine groups is 1. The molecule has 2 saturated heterocycles. The highest BCUT2D eigenvalue weighted by atomic mass is 19.4. The molecule has 3 N–H and O–H groups in total. The lowest BCUT2D eigenvalue weighted by atomic mass is 10.0. The Kier molecular flexibility index (Phi) is 10.0. The highest BCUT2D eigenvalue weighted by Gasteiger charge is 2.42. The number of methoxy groups -OCH3 is 1. The minimum absolute atomic E-state index is 0.0159. The molecule has 1 aromatic carbocycles. The number of β-amino-alcohol motifs (C(OH)–C–C–N with tert-alkyl or cyclic N) is 1. The zero-order chi connectivity index (χ0) is 33.9. The van der Waals surface area contributed by atoms with Gasteiger partial charge in [0, 0.05) is 56.9 Å². The fourth-order valence-electron chi connectivity index (χ4n) is 5.67. The molecule has 1 aromatic heterocycles. The van der Waals surface area contributed by atoms with Gasteiger partial charge in [-0.2, -0.15) is 26.3 Å². The summed E-state index contributed by atoms with van der Waals surface area (Å²) >= 11 is 0. The number of aliphatic hydroxyl groups excluding tert-OH is 1. The first-order chi connectivity index (χ1) is 22.2. The summed E-state index contributed by atoms with van der Waals surface area (Å²) in [7, 11) is 1.52. The number of piperidine rings is 1. The first kappa shape index (κ1) is 34.1. The lowest BCUT2D eigenvalue weighted by Gasteiger charge is -2.40. The highest BCUT2D eigenvalue weighted by Crippen LogP contribution is 2.33. The van der Waals surface area contributed by atoms with E-state index in [-0.39, 0.29) is 37.2 Å². The maximum absolute atomic E-state index is 14.0. The van der Waals surface area contributed by atoms with Crippen molar-refractivity contribution in [1.82, 2.24) is 30.6 Å². The summed E-state index contributed by atoms with van der Waals surface area (Å²) in [4.78, 5) is 23.8. The van der Waals surface area contributed by atoms with Crippen molar-refractivity contribution in [2.24, 2.45) is 0 Å². The van der Waals surface area contributed by atoms with Gasteiger partial charge in [-0.05, 0) is 31.0 Å². The van der Waals surface area contributed by atoms with Gasteiger partial charge >= 0.3 is 12.4 Å². The molecule has 0 bridgehead atoms. The van der Waals surface area contributed by atoms with Gasteiger partial charge in [-0.25, -0.2) is 9.97 Å². The second-order valence-electron chi connectivity index (χ2n) is 11.5. The number of halogens is 6. The van der Waals surface area contributed by atoms with Gasteiger partial charge in [-0.3, -0.25) is 9.80 Å². The van der Waals surface area contributed by atoms with Crippen LogP contribution in [0.3, 0.4) is 0 Å². The van der Waals surface area contributed by atoms with Gasteiger partial charge in [-0.15, -0.1) is 0 Å². The van der Waals surface area contributed by atoms with E-state index in [1.165, 1.54) is 23.2 Å². The van der Waals surface area contributed by atoms with Crippen LogP contribution in [-0.4, -0.2) is 94.7 Å². The Morgan fingerprint density at radius 2 is 1.77 bits per heavy atom. The molecule has 0 aliphatic carbocycles. The molecule has 3 aliphatic rings. The topological polar surface area (TPSA) is 115 Å². The molecule has 0 radical (unpaired) electrons. The fraction of sp³-hybridized carbons (Fsp3) is 0.500. The van der Waals surface area contributed by atoms with Crippen LogP contribution in [0.25, 0.3) is 0 Å². The molecule has 11 nitrogen and oxygen atoms in total. The lowest BCUT2D eigenvalue weighted by Crippen LogP contribution is -2.55. The zero-order valence-electron chi connectivity index (χ0n) is 25.6. The molecule has 4 atom stereocenters. The summed E-state index contributed by atoms with van der Waals surface area (Å²) in [5.74, 6) is 0.335. The smallest absolute Gasteiger partial charge is 0.419 e. The quantitative estimate of drug-likeness (QED) is 0.325. The second kappa shape index (κ2) is 13.9. The van der Waals surface area contributed by atoms with Gasteiger partial charge in [0.05, 0.1) is 49.2 Å². The van der Waals surface area contributed by atoms with Crippen molar-refractivity contribution >= 4 is 11.9 Å². The van der Waals surface area contributed by atoms with E-state index < -0.39 is 47.8 Å². The summed E-state index contributed by atoms with van der Waals surface area (Å²) in [6.07, 6.45) is -6.82. The molecule has 0 saturated carbocycles. The van der Waals surface area contributed by atoms with E-state index in [0.717, 1.165) is 11.8 Å². The monoisotopic (exact) mass is 671 g/mol. The number of carbonyl (C=O) groups excluding carboxylic acids is 1. The van der Waals surface area contributed by atoms with Crippen molar-refractivity contribution in [2.45, 2.75) is 63.0 Å². The summed E-state index contributed by atoms with van der Waals surface area (Å²) in [6.45, 7) is 2.38. The number of aliphatic hydroxyl groups is 1. The zero-order valence-corrected chi connectivity index (χ0v) is 25.6. The normalized spacial score (nSPS) is 22.9. The third-order valence-corrected chi connectivity index (χ3v) is 8.10. The number of anilines is 1. The number of allylic oxidation sites excluding steroid dienone is 1. The molecule has 47 heavy (non-hydrogen) atoms. The first-order valence-electron chi connectivity index (χ1n) is 14.9. The number of ether oxygens (including phenoxy) is 2. The molecule has 2 fully saturated rings. The van der Waals surface area contributed by atoms with Gasteiger partial charge in [0.2, 0.25) is 5.95 Å². The van der Waals surface area contributed by atoms with Crippen LogP contribution in [0.1, 0.15) is 30.9 Å². The van der Waals surface area contributed by atoms with Crippen molar-refractivity contribution in [3.8, 4) is 5.75 Å². The van der Waals surface area contributed by atoms with Crippen molar-refractivity contribution < 1.29 is 45.7 Å². The van der Waals surface area contributed by atoms with Crippen LogP contribution < -0.4 is 20.4 Å². The second-order valence-corrected chi connectivity index (χ2v) is 11.5. The Morgan fingerprint density at radius 3 is 2.38 bits per heavy atom. The van der Waals surface area contributed by atoms with E-state index in [1.54, 1.807) is 36.1 Å². The van der Waals surface area contributed by atoms with Crippen LogP contribution in [0.15, 0.2) is 60.3 Å². The van der Waals surface area contributed by atoms with Crippen molar-refractivity contribution in [3.63, 3.8) is 0 Å². The molecule has 1 unspecified atom stereocenters. The Bertz CT molecular complexity index is 1450. The number of rotatable bonds is 10. The SMILES string of the molecule is COc1ccc(CN2C=C(C(F)(F)F)C(NC(C)CO[C@@H]3CCN([C@@H]4CCN(c5ncc(C(F)(F)F)cn5)C[C@H]4O)C3=O)=CN2)cc1. The number of aromatic nitrogens is 2. The first-order valence-corrected chi connectivity index (χ1v) is 14.9. The van der Waals surface area contributed by atoms with Crippen LogP contribution >= 0.6 is 0 Å². The van der Waals surface area contributed by atoms with Gasteiger partial charge in [0.25, 0.3) is 5.91 Å². The third-order valence-electron chi connectivity index (χ3n) is 8.10. The van der Waals surface area contributed by atoms with Crippen molar-refractivity contribution in [2.75, 3.05) is 38.3 Å². The number of nitrogens with zero attached hydrogens (tertiary/aromatic N) is 5. The minimum atomic E-state index is -4.64. The molecule has 2 aromatic rings. The molecule has 5 rings (SSSR count). The average Bonchev–Trinajstić information content (AvgIpc) is 3.39. The maximum Gasteiger partial charge on any atom is 0.419 e. The number of amides is 1. The van der Waals surface area contributed by atoms with Crippen LogP contribution in [0.5, 0.6) is 5.75 Å². The molecule has 4 heterocycles. The number of nitrogens with one attached hydrogen (secondary N) is 2. The Morgan fingerprint density at radius 1 is 1.06 bits per heavy atom. The third kappa shape index (κ3) is 8.19. The number of likely N-dealkylation sites (tertiary alicyclic amines) is 1. The number of hydrogen-bond donors (Lipinski definition) is 3. The summed E-state index contributed by atoms with van der Waals surface area (Å²) in [5.41, 5.74) is 1.58. The molecule has 3 aliphatic heterocycles. The van der Waals surface area contributed by atoms with Gasteiger partial charge < -0.3 is 35.1 Å². The van der Waals surface area contributed by atoms with E-state index in [2.05, 4.69) is 20.7 Å². The molecule has 256 valence electrons. The number of hydrogen-bond acceptors (Lipinski definition) is 10. The van der Waals surface area contributed by atoms with E-state index in [1.807, 2.05) is 0 Å². The standard InChI is InChI=1S/C30H35F6N7O4/c1-18(40-23-13-39-42(15-22(23)30(34,35)36)14-19-3-5-21(46-2)6-4-19)17-47-26-8-10-43(27(26)45)24-7-9-41(16-25(24)44)28-37-11-20(12-38-28)29(31,32)33/h3-6,11-13,15,18,24-26,39-40,44H,7-10,14,16-17H2,1-2H3/t18?,24-,25-,26-/m1/s1. The maximum atomic E-state index is 14.0. The van der Waals surface area contributed by atoms with Crippen LogP contribution in [-0.2, 0) is 22.3 Å². The van der Waals surface area contributed by atoms with Gasteiger partial charge in [0.15, 0.2) is 0 Å². The Balaban J connectivity index is 1.11. The van der Waals surface area contributed by atoms with E-state index in [9.17, 15) is 36.2 Å². The summed E-state index contributed by atoms with van der Waals surface area (Å²) in [6, 6.07) is 5.81. The van der Waals surface area contributed by atoms with Crippen LogP contribution in [0.4, 0.5) is 32.3 Å². The highest BCUT2D eigenvalue weighted by molar-refractivity contribution is 5.83. The Labute approximate surface area is 266 Å². The molecule has 1 amide bonds. The molecular weight excluding hydrogens is 636 g/mol. The number of carbonyl (C=O) groups is 1. The van der Waals surface area contributed by atoms with E-state index in [0.29, 0.717) is 44.1 Å². The van der Waals surface area contributed by atoms with Crippen molar-refractivity contribution in [3.05, 3.63) is 71.5 Å². The largest absolute Gasteiger partial charge is 0.497 e. The van der Waals surface area contributed by atoms with Gasteiger partial charge in [0.1, 0.15) is 11.9 Å². The fourth-order valence-corrected chi connectivity index (χ4v) is 5.67. The molecular formula is C30H35F6N7O4. The van der Waals surface area contributed by atoms with E-state index >= 15 is 0 Å². The summed E-state index contributed by atoms with van der Waals surface area (Å²) < 4.78 is 91.4. The van der Waals surface area contributed by atoms with Gasteiger partial charge in [-0.1, -0.05) is 12.1 Å². The molecule has 17 heteroatoms. The minimum Gasteiger partial charge on any atom is -0.497 e. The summed E-state index contributed by atoms with van der Waals surface area (Å²) in [5, 5.41) is 15.0. The van der Waals surface area contributed by atoms with Crippen molar-refractivity contribution in [1.29, 1.82) is 0 Å². The van der Waals surface area contributed by atoms with Crippen LogP contribution in [0, 0.1) is 0 Å². The predicted molar refractivity (Wildman–Crippen MR) is 156 cm³/mol. The predicted octanol–water partition coefficient (Wildman–Crippen LogP) is 3.35.